The minimum Gasteiger partial charge on any atom is -0.236 e. The van der Waals surface area contributed by atoms with Gasteiger partial charge in [-0.3, -0.25) is 0 Å². The molecule has 0 aliphatic rings. The van der Waals surface area contributed by atoms with E-state index in [0.717, 1.165) is 0 Å². The van der Waals surface area contributed by atoms with Crippen LogP contribution >= 0.6 is 11.6 Å². The van der Waals surface area contributed by atoms with Gasteiger partial charge in [-0.15, -0.1) is 0 Å². The van der Waals surface area contributed by atoms with Crippen molar-refractivity contribution >= 4 is 49.1 Å². The predicted molar refractivity (Wildman–Crippen MR) is 126 cm³/mol. The molecule has 0 saturated carbocycles. The molecule has 0 amide bonds. The van der Waals surface area contributed by atoms with Crippen LogP contribution in [0.4, 0.5) is 4.39 Å². The number of hydrogen-bond acceptors (Lipinski definition) is 3. The zero-order valence-electron chi connectivity index (χ0n) is 16.7. The van der Waals surface area contributed by atoms with Crippen LogP contribution in [0.5, 0.6) is 0 Å². The quantitative estimate of drug-likeness (QED) is 0.316. The molecular formula is C25H16ClFN2O2S. The highest BCUT2D eigenvalue weighted by molar-refractivity contribution is 7.90. The smallest absolute Gasteiger partial charge is 0.236 e. The van der Waals surface area contributed by atoms with Crippen molar-refractivity contribution in [2.24, 2.45) is 0 Å². The molecule has 32 heavy (non-hydrogen) atoms. The number of aromatic nitrogens is 2. The van der Waals surface area contributed by atoms with Crippen LogP contribution in [0, 0.1) is 5.82 Å². The lowest BCUT2D eigenvalue weighted by Gasteiger charge is -2.10. The van der Waals surface area contributed by atoms with Gasteiger partial charge in [0.25, 0.3) is 10.0 Å². The molecule has 4 nitrogen and oxygen atoms in total. The summed E-state index contributed by atoms with van der Waals surface area (Å²) in [6, 6.07) is 21.4. The Hall–Kier alpha value is -3.48. The van der Waals surface area contributed by atoms with Crippen molar-refractivity contribution in [3.63, 3.8) is 0 Å². The maximum atomic E-state index is 14.3. The van der Waals surface area contributed by atoms with Gasteiger partial charge in [0.2, 0.25) is 0 Å². The fourth-order valence-electron chi connectivity index (χ4n) is 3.83. The molecule has 158 valence electrons. The summed E-state index contributed by atoms with van der Waals surface area (Å²) >= 11 is 6.19. The fourth-order valence-corrected chi connectivity index (χ4v) is 5.49. The Morgan fingerprint density at radius 3 is 2.41 bits per heavy atom. The van der Waals surface area contributed by atoms with Gasteiger partial charge in [0.15, 0.2) is 5.65 Å². The van der Waals surface area contributed by atoms with Crippen LogP contribution in [-0.4, -0.2) is 17.4 Å². The molecule has 0 aliphatic heterocycles. The third-order valence-electron chi connectivity index (χ3n) is 5.36. The Bertz CT molecular complexity index is 1630. The Morgan fingerprint density at radius 2 is 1.66 bits per heavy atom. The Morgan fingerprint density at radius 1 is 0.938 bits per heavy atom. The first-order valence-electron chi connectivity index (χ1n) is 9.72. The summed E-state index contributed by atoms with van der Waals surface area (Å²) in [4.78, 5) is 4.47. The summed E-state index contributed by atoms with van der Waals surface area (Å²) in [6.45, 7) is 4.06. The standard InChI is InChI=1S/C25H16ClFN2O2S/c1-16(20-9-5-6-10-23(20)27)17-11-12-24-21(13-17)22-14-18(26)15-28-25(22)29(24)32(30,31)19-7-3-2-4-8-19/h2-15H,1H2. The van der Waals surface area contributed by atoms with E-state index in [0.29, 0.717) is 38.0 Å². The monoisotopic (exact) mass is 462 g/mol. The normalized spacial score (nSPS) is 11.8. The molecule has 0 aliphatic carbocycles. The highest BCUT2D eigenvalue weighted by atomic mass is 35.5. The van der Waals surface area contributed by atoms with E-state index in [1.807, 2.05) is 0 Å². The number of pyridine rings is 1. The van der Waals surface area contributed by atoms with Gasteiger partial charge in [-0.25, -0.2) is 21.8 Å². The second-order valence-electron chi connectivity index (χ2n) is 7.30. The summed E-state index contributed by atoms with van der Waals surface area (Å²) in [5, 5.41) is 1.59. The summed E-state index contributed by atoms with van der Waals surface area (Å²) in [5.74, 6) is -0.378. The van der Waals surface area contributed by atoms with Crippen LogP contribution < -0.4 is 0 Å². The molecular weight excluding hydrogens is 447 g/mol. The average molecular weight is 463 g/mol. The van der Waals surface area contributed by atoms with Crippen LogP contribution in [-0.2, 0) is 10.0 Å². The zero-order chi connectivity index (χ0) is 22.5. The van der Waals surface area contributed by atoms with Crippen molar-refractivity contribution in [1.29, 1.82) is 0 Å². The van der Waals surface area contributed by atoms with E-state index < -0.39 is 10.0 Å². The molecule has 0 saturated heterocycles. The van der Waals surface area contributed by atoms with Gasteiger partial charge in [0, 0.05) is 22.5 Å². The number of fused-ring (bicyclic) bond motifs is 3. The average Bonchev–Trinajstić information content (AvgIpc) is 3.13. The molecule has 0 unspecified atom stereocenters. The van der Waals surface area contributed by atoms with Crippen LogP contribution in [0.1, 0.15) is 11.1 Å². The van der Waals surface area contributed by atoms with E-state index >= 15 is 0 Å². The third-order valence-corrected chi connectivity index (χ3v) is 7.28. The summed E-state index contributed by atoms with van der Waals surface area (Å²) in [7, 11) is -3.93. The molecule has 0 fully saturated rings. The highest BCUT2D eigenvalue weighted by Gasteiger charge is 2.24. The van der Waals surface area contributed by atoms with E-state index in [1.165, 1.54) is 28.4 Å². The van der Waals surface area contributed by atoms with Gasteiger partial charge in [-0.05, 0) is 47.5 Å². The van der Waals surface area contributed by atoms with Crippen LogP contribution in [0.15, 0.2) is 96.5 Å². The molecule has 2 aromatic heterocycles. The molecule has 5 aromatic rings. The van der Waals surface area contributed by atoms with Gasteiger partial charge < -0.3 is 0 Å². The van der Waals surface area contributed by atoms with Gasteiger partial charge in [0.1, 0.15) is 5.82 Å². The van der Waals surface area contributed by atoms with E-state index in [1.54, 1.807) is 60.7 Å². The Balaban J connectivity index is 1.80. The molecule has 3 aromatic carbocycles. The molecule has 0 N–H and O–H groups in total. The first-order valence-corrected chi connectivity index (χ1v) is 11.5. The number of benzene rings is 3. The van der Waals surface area contributed by atoms with Gasteiger partial charge in [-0.1, -0.05) is 60.6 Å². The Kier molecular flexibility index (Phi) is 4.84. The van der Waals surface area contributed by atoms with Crippen LogP contribution in [0.2, 0.25) is 5.02 Å². The van der Waals surface area contributed by atoms with Crippen molar-refractivity contribution in [3.05, 3.63) is 114 Å². The molecule has 0 bridgehead atoms. The number of rotatable bonds is 4. The molecule has 7 heteroatoms. The lowest BCUT2D eigenvalue weighted by molar-refractivity contribution is 0.590. The van der Waals surface area contributed by atoms with E-state index in [2.05, 4.69) is 11.6 Å². The van der Waals surface area contributed by atoms with E-state index in [4.69, 9.17) is 11.6 Å². The molecule has 0 atom stereocenters. The van der Waals surface area contributed by atoms with E-state index in [-0.39, 0.29) is 16.4 Å². The minimum atomic E-state index is -3.93. The van der Waals surface area contributed by atoms with Crippen molar-refractivity contribution in [1.82, 2.24) is 8.96 Å². The third kappa shape index (κ3) is 3.20. The van der Waals surface area contributed by atoms with Crippen LogP contribution in [0.3, 0.4) is 0 Å². The number of hydrogen-bond donors (Lipinski definition) is 0. The molecule has 5 rings (SSSR count). The summed E-state index contributed by atoms with van der Waals surface area (Å²) in [5.41, 5.74) is 2.25. The maximum Gasteiger partial charge on any atom is 0.269 e. The fraction of sp³-hybridized carbons (Fsp3) is 0. The van der Waals surface area contributed by atoms with Crippen LogP contribution in [0.25, 0.3) is 27.5 Å². The van der Waals surface area contributed by atoms with Crippen molar-refractivity contribution in [2.45, 2.75) is 4.90 Å². The first kappa shape index (κ1) is 20.4. The first-order chi connectivity index (χ1) is 15.4. The summed E-state index contributed by atoms with van der Waals surface area (Å²) in [6.07, 6.45) is 1.42. The number of halogens is 2. The Labute approximate surface area is 189 Å². The lowest BCUT2D eigenvalue weighted by Crippen LogP contribution is -2.13. The maximum absolute atomic E-state index is 14.3. The predicted octanol–water partition coefficient (Wildman–Crippen LogP) is 6.28. The molecule has 0 radical (unpaired) electrons. The van der Waals surface area contributed by atoms with Gasteiger partial charge in [0.05, 0.1) is 15.4 Å². The second kappa shape index (κ2) is 7.58. The second-order valence-corrected chi connectivity index (χ2v) is 9.52. The minimum absolute atomic E-state index is 0.149. The van der Waals surface area contributed by atoms with Crippen molar-refractivity contribution in [3.8, 4) is 0 Å². The largest absolute Gasteiger partial charge is 0.269 e. The van der Waals surface area contributed by atoms with Gasteiger partial charge in [-0.2, -0.15) is 0 Å². The van der Waals surface area contributed by atoms with Gasteiger partial charge >= 0.3 is 0 Å². The van der Waals surface area contributed by atoms with E-state index in [9.17, 15) is 12.8 Å². The molecule has 0 spiro atoms. The SMILES string of the molecule is C=C(c1ccc2c(c1)c1cc(Cl)cnc1n2S(=O)(=O)c1ccccc1)c1ccccc1F. The number of nitrogens with zero attached hydrogens (tertiary/aromatic N) is 2. The molecule has 2 heterocycles. The summed E-state index contributed by atoms with van der Waals surface area (Å²) < 4.78 is 42.6. The topological polar surface area (TPSA) is 52.0 Å². The van der Waals surface area contributed by atoms with Crippen molar-refractivity contribution < 1.29 is 12.8 Å². The lowest BCUT2D eigenvalue weighted by atomic mass is 9.97. The van der Waals surface area contributed by atoms with Crippen molar-refractivity contribution in [2.75, 3.05) is 0 Å². The highest BCUT2D eigenvalue weighted by Crippen LogP contribution is 2.35. The zero-order valence-corrected chi connectivity index (χ0v) is 18.2.